The van der Waals surface area contributed by atoms with Crippen molar-refractivity contribution in [1.29, 1.82) is 0 Å². The molecule has 0 aromatic rings. The average molecular weight is 130 g/mol. The van der Waals surface area contributed by atoms with Gasteiger partial charge in [-0.3, -0.25) is 0 Å². The van der Waals surface area contributed by atoms with Gasteiger partial charge in [0.2, 0.25) is 0 Å². The van der Waals surface area contributed by atoms with Crippen molar-refractivity contribution < 1.29 is 10.2 Å². The van der Waals surface area contributed by atoms with Gasteiger partial charge in [0.15, 0.2) is 0 Å². The van der Waals surface area contributed by atoms with Gasteiger partial charge in [-0.05, 0) is 19.8 Å². The first-order valence-corrected chi connectivity index (χ1v) is 3.21. The Labute approximate surface area is 55.8 Å². The standard InChI is InChI=1S/C7H14O2/c1-2-3-4-7(9)5-6-8/h2-3,7-9H,4-6H2,1H3/b3-2+/t7-/m1/s1. The normalized spacial score (nSPS) is 14.6. The zero-order valence-electron chi connectivity index (χ0n) is 5.75. The van der Waals surface area contributed by atoms with Crippen LogP contribution >= 0.6 is 0 Å². The van der Waals surface area contributed by atoms with E-state index < -0.39 is 0 Å². The molecule has 0 saturated heterocycles. The Morgan fingerprint density at radius 1 is 1.56 bits per heavy atom. The summed E-state index contributed by atoms with van der Waals surface area (Å²) < 4.78 is 0. The fraction of sp³-hybridized carbons (Fsp3) is 0.714. The van der Waals surface area contributed by atoms with Crippen LogP contribution in [-0.2, 0) is 0 Å². The van der Waals surface area contributed by atoms with Crippen LogP contribution in [0.4, 0.5) is 0 Å². The Bertz CT molecular complexity index is 79.0. The van der Waals surface area contributed by atoms with Crippen LogP contribution in [0, 0.1) is 0 Å². The zero-order valence-corrected chi connectivity index (χ0v) is 5.75. The van der Waals surface area contributed by atoms with Gasteiger partial charge >= 0.3 is 0 Å². The fourth-order valence-corrected chi connectivity index (χ4v) is 0.560. The minimum absolute atomic E-state index is 0.0682. The summed E-state index contributed by atoms with van der Waals surface area (Å²) in [4.78, 5) is 0. The maximum atomic E-state index is 8.97. The van der Waals surface area contributed by atoms with Crippen molar-refractivity contribution in [1.82, 2.24) is 0 Å². The minimum atomic E-state index is -0.369. The first kappa shape index (κ1) is 8.66. The van der Waals surface area contributed by atoms with E-state index in [1.807, 2.05) is 19.1 Å². The van der Waals surface area contributed by atoms with Crippen molar-refractivity contribution >= 4 is 0 Å². The second-order valence-electron chi connectivity index (χ2n) is 1.97. The molecule has 0 fully saturated rings. The number of rotatable bonds is 4. The minimum Gasteiger partial charge on any atom is -0.396 e. The maximum absolute atomic E-state index is 8.97. The summed E-state index contributed by atoms with van der Waals surface area (Å²) in [5.74, 6) is 0. The van der Waals surface area contributed by atoms with Gasteiger partial charge in [-0.25, -0.2) is 0 Å². The van der Waals surface area contributed by atoms with Gasteiger partial charge in [0.1, 0.15) is 0 Å². The lowest BCUT2D eigenvalue weighted by molar-refractivity contribution is 0.135. The van der Waals surface area contributed by atoms with Crippen molar-refractivity contribution in [3.05, 3.63) is 12.2 Å². The summed E-state index contributed by atoms with van der Waals surface area (Å²) in [6.45, 7) is 1.98. The molecule has 0 unspecified atom stereocenters. The second-order valence-corrected chi connectivity index (χ2v) is 1.97. The van der Waals surface area contributed by atoms with E-state index in [0.29, 0.717) is 12.8 Å². The molecule has 0 bridgehead atoms. The molecule has 2 nitrogen and oxygen atoms in total. The molecule has 0 heterocycles. The van der Waals surface area contributed by atoms with Gasteiger partial charge in [-0.2, -0.15) is 0 Å². The lowest BCUT2D eigenvalue weighted by atomic mass is 10.2. The van der Waals surface area contributed by atoms with Crippen LogP contribution in [0.2, 0.25) is 0 Å². The van der Waals surface area contributed by atoms with Crippen molar-refractivity contribution in [3.63, 3.8) is 0 Å². The Morgan fingerprint density at radius 3 is 2.67 bits per heavy atom. The van der Waals surface area contributed by atoms with E-state index in [-0.39, 0.29) is 12.7 Å². The van der Waals surface area contributed by atoms with Gasteiger partial charge in [0, 0.05) is 6.61 Å². The lowest BCUT2D eigenvalue weighted by Gasteiger charge is -2.02. The first-order valence-electron chi connectivity index (χ1n) is 3.21. The molecule has 1 atom stereocenters. The van der Waals surface area contributed by atoms with Crippen LogP contribution in [0.15, 0.2) is 12.2 Å². The number of aliphatic hydroxyl groups excluding tert-OH is 2. The molecule has 0 aliphatic rings. The van der Waals surface area contributed by atoms with Crippen LogP contribution < -0.4 is 0 Å². The van der Waals surface area contributed by atoms with Gasteiger partial charge in [0.05, 0.1) is 6.10 Å². The van der Waals surface area contributed by atoms with Gasteiger partial charge in [-0.1, -0.05) is 12.2 Å². The van der Waals surface area contributed by atoms with Gasteiger partial charge in [0.25, 0.3) is 0 Å². The topological polar surface area (TPSA) is 40.5 Å². The number of hydrogen-bond acceptors (Lipinski definition) is 2. The molecule has 0 aliphatic heterocycles. The molecule has 54 valence electrons. The number of hydrogen-bond donors (Lipinski definition) is 2. The van der Waals surface area contributed by atoms with E-state index in [0.717, 1.165) is 0 Å². The highest BCUT2D eigenvalue weighted by molar-refractivity contribution is 4.79. The summed E-state index contributed by atoms with van der Waals surface area (Å²) in [5, 5.41) is 17.3. The molecular weight excluding hydrogens is 116 g/mol. The van der Waals surface area contributed by atoms with Crippen LogP contribution in [0.1, 0.15) is 19.8 Å². The molecule has 0 radical (unpaired) electrons. The van der Waals surface area contributed by atoms with Crippen LogP contribution in [0.5, 0.6) is 0 Å². The lowest BCUT2D eigenvalue weighted by Crippen LogP contribution is -2.06. The van der Waals surface area contributed by atoms with E-state index in [4.69, 9.17) is 10.2 Å². The summed E-state index contributed by atoms with van der Waals surface area (Å²) in [6, 6.07) is 0. The molecule has 0 aromatic carbocycles. The molecule has 2 heteroatoms. The summed E-state index contributed by atoms with van der Waals surface area (Å²) in [5.41, 5.74) is 0. The molecule has 0 aromatic heterocycles. The monoisotopic (exact) mass is 130 g/mol. The average Bonchev–Trinajstić information content (AvgIpc) is 1.85. The smallest absolute Gasteiger partial charge is 0.0596 e. The molecule has 0 spiro atoms. The van der Waals surface area contributed by atoms with Gasteiger partial charge < -0.3 is 10.2 Å². The molecule has 9 heavy (non-hydrogen) atoms. The predicted molar refractivity (Wildman–Crippen MR) is 37.1 cm³/mol. The van der Waals surface area contributed by atoms with Crippen molar-refractivity contribution in [2.45, 2.75) is 25.9 Å². The zero-order chi connectivity index (χ0) is 7.11. The third-order valence-electron chi connectivity index (χ3n) is 1.11. The molecular formula is C7H14O2. The van der Waals surface area contributed by atoms with Crippen LogP contribution in [0.25, 0.3) is 0 Å². The largest absolute Gasteiger partial charge is 0.396 e. The van der Waals surface area contributed by atoms with E-state index in [1.54, 1.807) is 0 Å². The Morgan fingerprint density at radius 2 is 2.22 bits per heavy atom. The van der Waals surface area contributed by atoms with E-state index in [1.165, 1.54) is 0 Å². The Balaban J connectivity index is 3.15. The van der Waals surface area contributed by atoms with Crippen molar-refractivity contribution in [2.75, 3.05) is 6.61 Å². The maximum Gasteiger partial charge on any atom is 0.0596 e. The third kappa shape index (κ3) is 5.53. The molecule has 0 aliphatic carbocycles. The second kappa shape index (κ2) is 5.79. The number of aliphatic hydroxyl groups is 2. The van der Waals surface area contributed by atoms with Crippen LogP contribution in [0.3, 0.4) is 0 Å². The van der Waals surface area contributed by atoms with E-state index in [9.17, 15) is 0 Å². The highest BCUT2D eigenvalue weighted by Crippen LogP contribution is 1.96. The van der Waals surface area contributed by atoms with E-state index >= 15 is 0 Å². The molecule has 0 saturated carbocycles. The summed E-state index contributed by atoms with van der Waals surface area (Å²) >= 11 is 0. The first-order chi connectivity index (χ1) is 4.31. The van der Waals surface area contributed by atoms with Crippen molar-refractivity contribution in [2.24, 2.45) is 0 Å². The fourth-order valence-electron chi connectivity index (χ4n) is 0.560. The molecule has 0 rings (SSSR count). The number of allylic oxidation sites excluding steroid dienone is 1. The van der Waals surface area contributed by atoms with Crippen LogP contribution in [-0.4, -0.2) is 22.9 Å². The molecule has 0 amide bonds. The van der Waals surface area contributed by atoms with Crippen molar-refractivity contribution in [3.8, 4) is 0 Å². The Kier molecular flexibility index (Phi) is 5.57. The molecule has 2 N–H and O–H groups in total. The highest BCUT2D eigenvalue weighted by Gasteiger charge is 1.97. The predicted octanol–water partition coefficient (Wildman–Crippen LogP) is 0.696. The summed E-state index contributed by atoms with van der Waals surface area (Å²) in [7, 11) is 0. The third-order valence-corrected chi connectivity index (χ3v) is 1.11. The summed E-state index contributed by atoms with van der Waals surface area (Å²) in [6.07, 6.45) is 4.54. The van der Waals surface area contributed by atoms with E-state index in [2.05, 4.69) is 0 Å². The Hall–Kier alpha value is -0.340. The highest BCUT2D eigenvalue weighted by atomic mass is 16.3. The SMILES string of the molecule is C/C=C/C[C@@H](O)CCO. The quantitative estimate of drug-likeness (QED) is 0.550. The van der Waals surface area contributed by atoms with Gasteiger partial charge in [-0.15, -0.1) is 0 Å².